The van der Waals surface area contributed by atoms with Gasteiger partial charge in [0, 0.05) is 17.9 Å². The molecule has 3 aliphatic rings. The zero-order chi connectivity index (χ0) is 17.2. The molecule has 1 atom stereocenters. The molecule has 4 rings (SSSR count). The van der Waals surface area contributed by atoms with E-state index in [4.69, 9.17) is 0 Å². The third-order valence-electron chi connectivity index (χ3n) is 7.15. The van der Waals surface area contributed by atoms with Crippen molar-refractivity contribution < 1.29 is 4.79 Å². The summed E-state index contributed by atoms with van der Waals surface area (Å²) in [7, 11) is 0. The quantitative estimate of drug-likeness (QED) is 0.819. The van der Waals surface area contributed by atoms with Crippen LogP contribution in [-0.4, -0.2) is 25.5 Å². The van der Waals surface area contributed by atoms with E-state index in [1.807, 2.05) is 0 Å². The van der Waals surface area contributed by atoms with E-state index in [1.165, 1.54) is 56.9 Å². The molecule has 1 saturated heterocycles. The van der Waals surface area contributed by atoms with Crippen LogP contribution < -0.4 is 10.6 Å². The van der Waals surface area contributed by atoms with Crippen LogP contribution in [0.5, 0.6) is 0 Å². The van der Waals surface area contributed by atoms with Gasteiger partial charge in [0.25, 0.3) is 0 Å². The van der Waals surface area contributed by atoms with Gasteiger partial charge in [-0.3, -0.25) is 4.79 Å². The van der Waals surface area contributed by atoms with Crippen LogP contribution in [0.4, 0.5) is 0 Å². The zero-order valence-corrected chi connectivity index (χ0v) is 15.4. The van der Waals surface area contributed by atoms with Crippen LogP contribution in [0, 0.1) is 11.3 Å². The SMILES string of the molecule is O=C(NCC1(c2ccccc2)CCCCCC1)C1CC12CCNCC2. The molecule has 3 heteroatoms. The second-order valence-electron chi connectivity index (χ2n) is 8.65. The summed E-state index contributed by atoms with van der Waals surface area (Å²) in [6, 6.07) is 10.9. The van der Waals surface area contributed by atoms with E-state index in [0.717, 1.165) is 26.1 Å². The number of carbonyl (C=O) groups excluding carboxylic acids is 1. The Balaban J connectivity index is 1.43. The van der Waals surface area contributed by atoms with Crippen molar-refractivity contribution in [1.29, 1.82) is 0 Å². The molecule has 0 bridgehead atoms. The molecule has 0 radical (unpaired) electrons. The van der Waals surface area contributed by atoms with Crippen molar-refractivity contribution in [1.82, 2.24) is 10.6 Å². The second kappa shape index (κ2) is 7.11. The molecule has 3 fully saturated rings. The van der Waals surface area contributed by atoms with Gasteiger partial charge in [-0.1, -0.05) is 56.0 Å². The number of piperidine rings is 1. The van der Waals surface area contributed by atoms with Gasteiger partial charge in [-0.15, -0.1) is 0 Å². The Kier molecular flexibility index (Phi) is 4.86. The van der Waals surface area contributed by atoms with Crippen molar-refractivity contribution in [2.45, 2.75) is 63.2 Å². The van der Waals surface area contributed by atoms with Crippen LogP contribution >= 0.6 is 0 Å². The average molecular weight is 341 g/mol. The standard InChI is InChI=1S/C22H32N2O/c25-20(19-16-21(19)12-14-23-15-13-21)24-17-22(10-6-1-2-7-11-22)18-8-4-3-5-9-18/h3-5,8-9,19,23H,1-2,6-7,10-17H2,(H,24,25). The van der Waals surface area contributed by atoms with Crippen LogP contribution in [0.25, 0.3) is 0 Å². The number of benzene rings is 1. The van der Waals surface area contributed by atoms with Crippen molar-refractivity contribution in [2.75, 3.05) is 19.6 Å². The fourth-order valence-electron chi connectivity index (χ4n) is 5.34. The van der Waals surface area contributed by atoms with E-state index in [-0.39, 0.29) is 11.3 Å². The predicted octanol–water partition coefficient (Wildman–Crippen LogP) is 3.78. The van der Waals surface area contributed by atoms with E-state index in [0.29, 0.717) is 11.3 Å². The lowest BCUT2D eigenvalue weighted by Crippen LogP contribution is -2.42. The molecule has 1 unspecified atom stereocenters. The summed E-state index contributed by atoms with van der Waals surface area (Å²) < 4.78 is 0. The Bertz CT molecular complexity index is 583. The number of hydrogen-bond donors (Lipinski definition) is 2. The molecular formula is C22H32N2O. The molecule has 1 spiro atoms. The molecule has 1 amide bonds. The summed E-state index contributed by atoms with van der Waals surface area (Å²) in [5, 5.41) is 6.82. The van der Waals surface area contributed by atoms with E-state index in [9.17, 15) is 4.79 Å². The van der Waals surface area contributed by atoms with Gasteiger partial charge in [-0.2, -0.15) is 0 Å². The fourth-order valence-corrected chi connectivity index (χ4v) is 5.34. The van der Waals surface area contributed by atoms with E-state index in [1.54, 1.807) is 0 Å². The summed E-state index contributed by atoms with van der Waals surface area (Å²) in [4.78, 5) is 12.8. The Morgan fingerprint density at radius 1 is 1.00 bits per heavy atom. The van der Waals surface area contributed by atoms with E-state index in [2.05, 4.69) is 41.0 Å². The molecule has 3 nitrogen and oxygen atoms in total. The highest BCUT2D eigenvalue weighted by Gasteiger charge is 2.57. The minimum absolute atomic E-state index is 0.142. The normalized spacial score (nSPS) is 27.4. The molecule has 1 aromatic carbocycles. The second-order valence-corrected chi connectivity index (χ2v) is 8.65. The van der Waals surface area contributed by atoms with Crippen LogP contribution in [0.1, 0.15) is 63.4 Å². The summed E-state index contributed by atoms with van der Waals surface area (Å²) in [5.74, 6) is 0.592. The lowest BCUT2D eigenvalue weighted by molar-refractivity contribution is -0.123. The third-order valence-corrected chi connectivity index (χ3v) is 7.15. The molecule has 136 valence electrons. The summed E-state index contributed by atoms with van der Waals surface area (Å²) >= 11 is 0. The first-order chi connectivity index (χ1) is 12.2. The monoisotopic (exact) mass is 340 g/mol. The third kappa shape index (κ3) is 3.48. The molecule has 2 N–H and O–H groups in total. The van der Waals surface area contributed by atoms with Crippen LogP contribution in [0.15, 0.2) is 30.3 Å². The minimum Gasteiger partial charge on any atom is -0.355 e. The number of carbonyl (C=O) groups is 1. The molecule has 2 saturated carbocycles. The first-order valence-corrected chi connectivity index (χ1v) is 10.3. The first-order valence-electron chi connectivity index (χ1n) is 10.3. The van der Waals surface area contributed by atoms with Crippen molar-refractivity contribution >= 4 is 5.91 Å². The Hall–Kier alpha value is -1.35. The maximum Gasteiger partial charge on any atom is 0.223 e. The van der Waals surface area contributed by atoms with Gasteiger partial charge in [0.2, 0.25) is 5.91 Å². The van der Waals surface area contributed by atoms with Crippen molar-refractivity contribution in [3.8, 4) is 0 Å². The molecule has 25 heavy (non-hydrogen) atoms. The first kappa shape index (κ1) is 17.1. The van der Waals surface area contributed by atoms with Crippen molar-refractivity contribution in [2.24, 2.45) is 11.3 Å². The van der Waals surface area contributed by atoms with Gasteiger partial charge in [-0.05, 0) is 56.2 Å². The lowest BCUT2D eigenvalue weighted by Gasteiger charge is -2.34. The molecule has 2 aliphatic carbocycles. The number of amides is 1. The Morgan fingerprint density at radius 3 is 2.36 bits per heavy atom. The molecule has 0 aromatic heterocycles. The Morgan fingerprint density at radius 2 is 1.68 bits per heavy atom. The maximum atomic E-state index is 12.8. The van der Waals surface area contributed by atoms with E-state index < -0.39 is 0 Å². The van der Waals surface area contributed by atoms with Gasteiger partial charge in [0.15, 0.2) is 0 Å². The van der Waals surface area contributed by atoms with E-state index >= 15 is 0 Å². The number of rotatable bonds is 4. The summed E-state index contributed by atoms with van der Waals surface area (Å²) in [6.07, 6.45) is 11.1. The largest absolute Gasteiger partial charge is 0.355 e. The fraction of sp³-hybridized carbons (Fsp3) is 0.682. The minimum atomic E-state index is 0.142. The molecule has 1 aliphatic heterocycles. The highest BCUT2D eigenvalue weighted by Crippen LogP contribution is 2.58. The van der Waals surface area contributed by atoms with Gasteiger partial charge >= 0.3 is 0 Å². The van der Waals surface area contributed by atoms with Gasteiger partial charge < -0.3 is 10.6 Å². The highest BCUT2D eigenvalue weighted by molar-refractivity contribution is 5.82. The molecule has 1 aromatic rings. The highest BCUT2D eigenvalue weighted by atomic mass is 16.2. The van der Waals surface area contributed by atoms with Crippen LogP contribution in [0.2, 0.25) is 0 Å². The topological polar surface area (TPSA) is 41.1 Å². The van der Waals surface area contributed by atoms with Crippen LogP contribution in [-0.2, 0) is 10.2 Å². The van der Waals surface area contributed by atoms with Gasteiger partial charge in [0.05, 0.1) is 0 Å². The number of hydrogen-bond acceptors (Lipinski definition) is 2. The van der Waals surface area contributed by atoms with Gasteiger partial charge in [-0.25, -0.2) is 0 Å². The maximum absolute atomic E-state index is 12.8. The van der Waals surface area contributed by atoms with Crippen molar-refractivity contribution in [3.05, 3.63) is 35.9 Å². The predicted molar refractivity (Wildman–Crippen MR) is 101 cm³/mol. The van der Waals surface area contributed by atoms with Gasteiger partial charge in [0.1, 0.15) is 0 Å². The summed E-state index contributed by atoms with van der Waals surface area (Å²) in [6.45, 7) is 2.98. The smallest absolute Gasteiger partial charge is 0.223 e. The molecule has 1 heterocycles. The molecular weight excluding hydrogens is 308 g/mol. The number of nitrogens with one attached hydrogen (secondary N) is 2. The Labute approximate surface area is 152 Å². The lowest BCUT2D eigenvalue weighted by atomic mass is 9.74. The average Bonchev–Trinajstić information content (AvgIpc) is 3.41. The van der Waals surface area contributed by atoms with Crippen molar-refractivity contribution in [3.63, 3.8) is 0 Å². The summed E-state index contributed by atoms with van der Waals surface area (Å²) in [5.41, 5.74) is 1.90. The van der Waals surface area contributed by atoms with Crippen LogP contribution in [0.3, 0.4) is 0 Å². The zero-order valence-electron chi connectivity index (χ0n) is 15.4.